The fraction of sp³-hybridized carbons (Fsp3) is 0.444. The second-order valence-electron chi connectivity index (χ2n) is 4.16. The molecule has 0 aliphatic carbocycles. The number of alkyl halides is 9. The largest absolute Gasteiger partial charge is 0.460 e. The molecular weight excluding hydrogens is 399 g/mol. The molecular formula is C9HF9N4O2S. The van der Waals surface area contributed by atoms with E-state index in [2.05, 4.69) is 4.98 Å². The number of nitriles is 2. The Bertz CT molecular complexity index is 841. The number of sulfone groups is 1. The molecule has 0 unspecified atom stereocenters. The number of aromatic amines is 1. The highest BCUT2D eigenvalue weighted by atomic mass is 32.2. The molecule has 0 atom stereocenters. The molecule has 1 N–H and O–H groups in total. The quantitative estimate of drug-likeness (QED) is 0.781. The Morgan fingerprint density at radius 1 is 0.880 bits per heavy atom. The van der Waals surface area contributed by atoms with Gasteiger partial charge in [-0.2, -0.15) is 50.0 Å². The van der Waals surface area contributed by atoms with Crippen LogP contribution in [0.2, 0.25) is 0 Å². The van der Waals surface area contributed by atoms with Crippen LogP contribution in [0.1, 0.15) is 11.4 Å². The SMILES string of the molecule is N#Cc1nc(S(=O)(=O)C(F)(F)C(F)(F)C(F)(F)C(F)(F)F)[nH]c1C#N. The first-order chi connectivity index (χ1) is 11.0. The van der Waals surface area contributed by atoms with Gasteiger partial charge < -0.3 is 4.98 Å². The maximum Gasteiger partial charge on any atom is 0.460 e. The summed E-state index contributed by atoms with van der Waals surface area (Å²) >= 11 is 0. The lowest BCUT2D eigenvalue weighted by atomic mass is 10.1. The molecule has 0 spiro atoms. The van der Waals surface area contributed by atoms with Crippen LogP contribution in [0.25, 0.3) is 0 Å². The number of aromatic nitrogens is 2. The highest BCUT2D eigenvalue weighted by Crippen LogP contribution is 2.55. The average molecular weight is 400 g/mol. The molecule has 138 valence electrons. The molecule has 0 bridgehead atoms. The van der Waals surface area contributed by atoms with Gasteiger partial charge in [0.25, 0.3) is 9.84 Å². The van der Waals surface area contributed by atoms with Gasteiger partial charge in [-0.25, -0.2) is 13.4 Å². The summed E-state index contributed by atoms with van der Waals surface area (Å²) in [4.78, 5) is 3.70. The molecule has 0 saturated carbocycles. The third kappa shape index (κ3) is 2.66. The van der Waals surface area contributed by atoms with Gasteiger partial charge in [0.15, 0.2) is 11.4 Å². The summed E-state index contributed by atoms with van der Waals surface area (Å²) in [5.41, 5.74) is -2.31. The molecule has 1 aromatic rings. The minimum absolute atomic E-state index is 0.994. The number of rotatable bonds is 4. The summed E-state index contributed by atoms with van der Waals surface area (Å²) in [6.07, 6.45) is -7.21. The Hall–Kier alpha value is -2.49. The van der Waals surface area contributed by atoms with Crippen LogP contribution in [0.5, 0.6) is 0 Å². The highest BCUT2D eigenvalue weighted by Gasteiger charge is 2.85. The smallest absolute Gasteiger partial charge is 0.319 e. The van der Waals surface area contributed by atoms with E-state index in [1.54, 1.807) is 0 Å². The molecule has 0 aliphatic rings. The molecule has 0 amide bonds. The first-order valence-corrected chi connectivity index (χ1v) is 6.82. The maximum absolute atomic E-state index is 13.5. The lowest BCUT2D eigenvalue weighted by molar-refractivity contribution is -0.382. The second-order valence-corrected chi connectivity index (χ2v) is 6.06. The van der Waals surface area contributed by atoms with Gasteiger partial charge in [-0.05, 0) is 0 Å². The van der Waals surface area contributed by atoms with E-state index in [1.165, 1.54) is 4.98 Å². The van der Waals surface area contributed by atoms with E-state index in [1.807, 2.05) is 0 Å². The van der Waals surface area contributed by atoms with E-state index in [4.69, 9.17) is 10.5 Å². The zero-order valence-corrected chi connectivity index (χ0v) is 11.8. The fourth-order valence-electron chi connectivity index (χ4n) is 1.29. The highest BCUT2D eigenvalue weighted by molar-refractivity contribution is 7.92. The van der Waals surface area contributed by atoms with Crippen LogP contribution in [0, 0.1) is 22.7 Å². The van der Waals surface area contributed by atoms with Crippen LogP contribution in [0.3, 0.4) is 0 Å². The summed E-state index contributed by atoms with van der Waals surface area (Å²) < 4.78 is 137. The van der Waals surface area contributed by atoms with Crippen molar-refractivity contribution in [3.05, 3.63) is 11.4 Å². The minimum atomic E-state index is -7.44. The molecule has 6 nitrogen and oxygen atoms in total. The summed E-state index contributed by atoms with van der Waals surface area (Å²) in [6.45, 7) is 0. The molecule has 1 heterocycles. The van der Waals surface area contributed by atoms with Crippen molar-refractivity contribution in [2.24, 2.45) is 0 Å². The number of imidazole rings is 1. The van der Waals surface area contributed by atoms with Crippen LogP contribution >= 0.6 is 0 Å². The molecule has 0 fully saturated rings. The van der Waals surface area contributed by atoms with Crippen molar-refractivity contribution in [1.82, 2.24) is 9.97 Å². The van der Waals surface area contributed by atoms with Crippen molar-refractivity contribution in [2.45, 2.75) is 28.4 Å². The average Bonchev–Trinajstić information content (AvgIpc) is 2.89. The van der Waals surface area contributed by atoms with Gasteiger partial charge in [0.2, 0.25) is 5.16 Å². The van der Waals surface area contributed by atoms with Crippen molar-refractivity contribution in [3.8, 4) is 12.1 Å². The lowest BCUT2D eigenvalue weighted by Gasteiger charge is -2.32. The van der Waals surface area contributed by atoms with Gasteiger partial charge in [-0.3, -0.25) is 0 Å². The van der Waals surface area contributed by atoms with Crippen molar-refractivity contribution in [2.75, 3.05) is 0 Å². The third-order valence-corrected chi connectivity index (χ3v) is 4.24. The first-order valence-electron chi connectivity index (χ1n) is 5.34. The monoisotopic (exact) mass is 400 g/mol. The zero-order valence-electron chi connectivity index (χ0n) is 11.0. The van der Waals surface area contributed by atoms with E-state index in [9.17, 15) is 47.9 Å². The number of nitrogens with one attached hydrogen (secondary N) is 1. The van der Waals surface area contributed by atoms with Crippen molar-refractivity contribution in [3.63, 3.8) is 0 Å². The number of halogens is 9. The Morgan fingerprint density at radius 2 is 1.36 bits per heavy atom. The summed E-state index contributed by atoms with van der Waals surface area (Å²) in [7, 11) is -6.99. The normalized spacial score (nSPS) is 14.0. The van der Waals surface area contributed by atoms with Crippen LogP contribution in [0.15, 0.2) is 5.16 Å². The Morgan fingerprint density at radius 3 is 1.68 bits per heavy atom. The zero-order chi connectivity index (χ0) is 20.1. The minimum Gasteiger partial charge on any atom is -0.319 e. The van der Waals surface area contributed by atoms with Crippen LogP contribution in [-0.2, 0) is 9.84 Å². The fourth-order valence-corrected chi connectivity index (χ4v) is 2.45. The molecule has 0 aliphatic heterocycles. The first kappa shape index (κ1) is 20.6. The van der Waals surface area contributed by atoms with E-state index in [-0.39, 0.29) is 0 Å². The van der Waals surface area contributed by atoms with Gasteiger partial charge in [-0.15, -0.1) is 0 Å². The molecule has 16 heteroatoms. The van der Waals surface area contributed by atoms with Crippen molar-refractivity contribution < 1.29 is 47.9 Å². The molecule has 0 radical (unpaired) electrons. The van der Waals surface area contributed by atoms with E-state index in [0.29, 0.717) is 0 Å². The van der Waals surface area contributed by atoms with Gasteiger partial charge in [-0.1, -0.05) is 0 Å². The molecule has 0 aromatic carbocycles. The molecule has 25 heavy (non-hydrogen) atoms. The Labute approximate surface area is 131 Å². The van der Waals surface area contributed by atoms with E-state index in [0.717, 1.165) is 12.1 Å². The number of H-pyrrole nitrogens is 1. The lowest BCUT2D eigenvalue weighted by Crippen LogP contribution is -2.63. The van der Waals surface area contributed by atoms with Crippen molar-refractivity contribution in [1.29, 1.82) is 10.5 Å². The molecule has 0 saturated heterocycles. The summed E-state index contributed by atoms with van der Waals surface area (Å²) in [5.74, 6) is -14.9. The predicted octanol–water partition coefficient (Wildman–Crippen LogP) is 2.35. The number of hydrogen-bond donors (Lipinski definition) is 1. The van der Waals surface area contributed by atoms with Gasteiger partial charge in [0.1, 0.15) is 12.1 Å². The third-order valence-electron chi connectivity index (χ3n) is 2.61. The van der Waals surface area contributed by atoms with Crippen LogP contribution in [0.4, 0.5) is 39.5 Å². The van der Waals surface area contributed by atoms with E-state index < -0.39 is 49.7 Å². The van der Waals surface area contributed by atoms with Crippen molar-refractivity contribution >= 4 is 9.84 Å². The number of nitrogens with zero attached hydrogens (tertiary/aromatic N) is 3. The Balaban J connectivity index is 3.64. The number of hydrogen-bond acceptors (Lipinski definition) is 5. The van der Waals surface area contributed by atoms with Gasteiger partial charge in [0, 0.05) is 0 Å². The summed E-state index contributed by atoms with van der Waals surface area (Å²) in [6, 6.07) is 2.01. The second kappa shape index (κ2) is 5.51. The molecule has 1 aromatic heterocycles. The Kier molecular flexibility index (Phi) is 4.53. The summed E-state index contributed by atoms with van der Waals surface area (Å²) in [5, 5.41) is 7.64. The molecule has 1 rings (SSSR count). The van der Waals surface area contributed by atoms with Crippen LogP contribution in [-0.4, -0.2) is 41.7 Å². The van der Waals surface area contributed by atoms with Crippen LogP contribution < -0.4 is 0 Å². The van der Waals surface area contributed by atoms with Gasteiger partial charge in [0.05, 0.1) is 0 Å². The standard InChI is InChI=1S/C9HF9N4O2S/c10-6(11,8(14,15)16)7(12,13)9(17,18)25(23,24)5-21-3(1-19)4(2-20)22-5/h(H,21,22). The maximum atomic E-state index is 13.5. The van der Waals surface area contributed by atoms with Gasteiger partial charge >= 0.3 is 23.3 Å². The van der Waals surface area contributed by atoms with E-state index >= 15 is 0 Å². The topological polar surface area (TPSA) is 110 Å². The predicted molar refractivity (Wildman–Crippen MR) is 56.1 cm³/mol.